The van der Waals surface area contributed by atoms with Crippen molar-refractivity contribution in [3.05, 3.63) is 0 Å². The molecule has 0 aromatic heterocycles. The summed E-state index contributed by atoms with van der Waals surface area (Å²) in [6.45, 7) is 2.67. The summed E-state index contributed by atoms with van der Waals surface area (Å²) in [6.07, 6.45) is 4.10. The Bertz CT molecular complexity index is 340. The van der Waals surface area contributed by atoms with Crippen LogP contribution in [0.4, 0.5) is 4.79 Å². The molecule has 0 heterocycles. The number of urea groups is 1. The highest BCUT2D eigenvalue weighted by atomic mass is 16.4. The number of nitrogens with one attached hydrogen (secondary N) is 1. The van der Waals surface area contributed by atoms with E-state index in [0.29, 0.717) is 25.4 Å². The minimum atomic E-state index is -0.862. The molecule has 1 saturated carbocycles. The molecule has 0 aromatic rings. The van der Waals surface area contributed by atoms with Crippen molar-refractivity contribution < 1.29 is 19.5 Å². The molecule has 19 heavy (non-hydrogen) atoms. The van der Waals surface area contributed by atoms with Crippen LogP contribution in [0.5, 0.6) is 0 Å². The number of hydrogen-bond donors (Lipinski definition) is 2. The van der Waals surface area contributed by atoms with Crippen LogP contribution in [0, 0.1) is 0 Å². The van der Waals surface area contributed by atoms with Crippen molar-refractivity contribution in [2.45, 2.75) is 57.9 Å². The number of nitrogens with zero attached hydrogens (tertiary/aromatic N) is 1. The van der Waals surface area contributed by atoms with Crippen LogP contribution in [0.15, 0.2) is 0 Å². The number of amides is 3. The number of carbonyl (C=O) groups excluding carboxylic acids is 2. The van der Waals surface area contributed by atoms with Gasteiger partial charge in [0, 0.05) is 25.4 Å². The van der Waals surface area contributed by atoms with Gasteiger partial charge < -0.3 is 10.0 Å². The molecule has 0 unspecified atom stereocenters. The fourth-order valence-corrected chi connectivity index (χ4v) is 1.89. The number of hydrogen-bond acceptors (Lipinski definition) is 3. The van der Waals surface area contributed by atoms with E-state index in [1.165, 1.54) is 0 Å². The standard InChI is InChI=1S/C13H22N2O4/c1-2-9-15(10-7-8-10)13(19)14-11(16)5-3-4-6-12(17)18/h10H,2-9H2,1H3,(H,17,18)(H,14,16,19). The summed E-state index contributed by atoms with van der Waals surface area (Å²) in [5, 5.41) is 10.8. The predicted molar refractivity (Wildman–Crippen MR) is 69.7 cm³/mol. The molecule has 1 aliphatic rings. The average molecular weight is 270 g/mol. The molecule has 0 spiro atoms. The highest BCUT2D eigenvalue weighted by molar-refractivity contribution is 5.94. The van der Waals surface area contributed by atoms with E-state index in [9.17, 15) is 14.4 Å². The van der Waals surface area contributed by atoms with Crippen LogP contribution in [0.1, 0.15) is 51.9 Å². The van der Waals surface area contributed by atoms with Crippen molar-refractivity contribution in [2.24, 2.45) is 0 Å². The van der Waals surface area contributed by atoms with E-state index in [0.717, 1.165) is 19.3 Å². The SMILES string of the molecule is CCCN(C(=O)NC(=O)CCCCC(=O)O)C1CC1. The lowest BCUT2D eigenvalue weighted by Gasteiger charge is -2.21. The number of carbonyl (C=O) groups is 3. The molecule has 0 atom stereocenters. The molecule has 0 saturated heterocycles. The maximum absolute atomic E-state index is 11.9. The molecular formula is C13H22N2O4. The molecule has 1 fully saturated rings. The topological polar surface area (TPSA) is 86.7 Å². The third kappa shape index (κ3) is 6.22. The molecule has 0 aliphatic heterocycles. The Morgan fingerprint density at radius 3 is 2.37 bits per heavy atom. The second-order valence-electron chi connectivity index (χ2n) is 4.88. The fourth-order valence-electron chi connectivity index (χ4n) is 1.89. The summed E-state index contributed by atoms with van der Waals surface area (Å²) < 4.78 is 0. The molecular weight excluding hydrogens is 248 g/mol. The van der Waals surface area contributed by atoms with Crippen LogP contribution in [-0.4, -0.2) is 40.5 Å². The molecule has 0 bridgehead atoms. The van der Waals surface area contributed by atoms with Crippen molar-refractivity contribution >= 4 is 17.9 Å². The van der Waals surface area contributed by atoms with Crippen molar-refractivity contribution in [2.75, 3.05) is 6.54 Å². The summed E-state index contributed by atoms with van der Waals surface area (Å²) >= 11 is 0. The van der Waals surface area contributed by atoms with Crippen molar-refractivity contribution in [3.8, 4) is 0 Å². The first-order valence-corrected chi connectivity index (χ1v) is 6.86. The first-order chi connectivity index (χ1) is 9.04. The summed E-state index contributed by atoms with van der Waals surface area (Å²) in [7, 11) is 0. The van der Waals surface area contributed by atoms with Crippen molar-refractivity contribution in [1.29, 1.82) is 0 Å². The Morgan fingerprint density at radius 1 is 1.21 bits per heavy atom. The van der Waals surface area contributed by atoms with Gasteiger partial charge in [-0.15, -0.1) is 0 Å². The molecule has 1 rings (SSSR count). The number of carboxylic acid groups (broad SMARTS) is 1. The van der Waals surface area contributed by atoms with E-state index in [1.807, 2.05) is 6.92 Å². The number of unbranched alkanes of at least 4 members (excludes halogenated alkanes) is 1. The van der Waals surface area contributed by atoms with Crippen LogP contribution >= 0.6 is 0 Å². The monoisotopic (exact) mass is 270 g/mol. The lowest BCUT2D eigenvalue weighted by Crippen LogP contribution is -2.44. The summed E-state index contributed by atoms with van der Waals surface area (Å²) in [5.41, 5.74) is 0. The van der Waals surface area contributed by atoms with E-state index in [1.54, 1.807) is 4.90 Å². The van der Waals surface area contributed by atoms with Gasteiger partial charge in [-0.1, -0.05) is 6.92 Å². The maximum Gasteiger partial charge on any atom is 0.324 e. The average Bonchev–Trinajstić information content (AvgIpc) is 3.15. The zero-order valence-corrected chi connectivity index (χ0v) is 11.4. The van der Waals surface area contributed by atoms with E-state index >= 15 is 0 Å². The van der Waals surface area contributed by atoms with Gasteiger partial charge >= 0.3 is 12.0 Å². The summed E-state index contributed by atoms with van der Waals surface area (Å²) in [6, 6.07) is -0.0210. The van der Waals surface area contributed by atoms with Crippen LogP contribution in [0.3, 0.4) is 0 Å². The van der Waals surface area contributed by atoms with E-state index in [4.69, 9.17) is 5.11 Å². The Labute approximate surface area is 113 Å². The Kier molecular flexibility index (Phi) is 6.32. The predicted octanol–water partition coefficient (Wildman–Crippen LogP) is 1.74. The van der Waals surface area contributed by atoms with Gasteiger partial charge in [0.25, 0.3) is 0 Å². The van der Waals surface area contributed by atoms with Gasteiger partial charge in [-0.3, -0.25) is 14.9 Å². The van der Waals surface area contributed by atoms with Gasteiger partial charge in [0.1, 0.15) is 0 Å². The molecule has 3 amide bonds. The number of carboxylic acids is 1. The quantitative estimate of drug-likeness (QED) is 0.658. The third-order valence-electron chi connectivity index (χ3n) is 3.00. The summed E-state index contributed by atoms with van der Waals surface area (Å²) in [5.74, 6) is -1.18. The fraction of sp³-hybridized carbons (Fsp3) is 0.769. The number of imide groups is 1. The first kappa shape index (κ1) is 15.5. The first-order valence-electron chi connectivity index (χ1n) is 6.86. The van der Waals surface area contributed by atoms with E-state index in [2.05, 4.69) is 5.32 Å². The van der Waals surface area contributed by atoms with Gasteiger partial charge in [-0.25, -0.2) is 4.79 Å². The molecule has 6 heteroatoms. The number of aliphatic carboxylic acids is 1. The highest BCUT2D eigenvalue weighted by Gasteiger charge is 2.32. The smallest absolute Gasteiger partial charge is 0.324 e. The van der Waals surface area contributed by atoms with Gasteiger partial charge in [-0.2, -0.15) is 0 Å². The lowest BCUT2D eigenvalue weighted by atomic mass is 10.2. The maximum atomic E-state index is 11.9. The highest BCUT2D eigenvalue weighted by Crippen LogP contribution is 2.26. The van der Waals surface area contributed by atoms with Gasteiger partial charge in [0.2, 0.25) is 5.91 Å². The molecule has 2 N–H and O–H groups in total. The summed E-state index contributed by atoms with van der Waals surface area (Å²) in [4.78, 5) is 35.4. The number of rotatable bonds is 8. The van der Waals surface area contributed by atoms with Gasteiger partial charge in [0.05, 0.1) is 0 Å². The van der Waals surface area contributed by atoms with E-state index < -0.39 is 5.97 Å². The molecule has 0 aromatic carbocycles. The van der Waals surface area contributed by atoms with Crippen LogP contribution in [-0.2, 0) is 9.59 Å². The minimum Gasteiger partial charge on any atom is -0.481 e. The largest absolute Gasteiger partial charge is 0.481 e. The van der Waals surface area contributed by atoms with Crippen LogP contribution in [0.2, 0.25) is 0 Å². The second-order valence-corrected chi connectivity index (χ2v) is 4.88. The Hall–Kier alpha value is -1.59. The van der Waals surface area contributed by atoms with Gasteiger partial charge in [-0.05, 0) is 32.1 Å². The third-order valence-corrected chi connectivity index (χ3v) is 3.00. The second kappa shape index (κ2) is 7.76. The Morgan fingerprint density at radius 2 is 1.84 bits per heavy atom. The minimum absolute atomic E-state index is 0.0608. The Balaban J connectivity index is 2.22. The van der Waals surface area contributed by atoms with Crippen molar-refractivity contribution in [1.82, 2.24) is 10.2 Å². The molecule has 6 nitrogen and oxygen atoms in total. The van der Waals surface area contributed by atoms with Crippen LogP contribution in [0.25, 0.3) is 0 Å². The van der Waals surface area contributed by atoms with Crippen LogP contribution < -0.4 is 5.32 Å². The zero-order chi connectivity index (χ0) is 14.3. The van der Waals surface area contributed by atoms with E-state index in [-0.39, 0.29) is 24.8 Å². The van der Waals surface area contributed by atoms with Gasteiger partial charge in [0.15, 0.2) is 0 Å². The molecule has 0 radical (unpaired) electrons. The normalized spacial score (nSPS) is 13.9. The lowest BCUT2D eigenvalue weighted by molar-refractivity contribution is -0.137. The molecule has 108 valence electrons. The van der Waals surface area contributed by atoms with Crippen molar-refractivity contribution in [3.63, 3.8) is 0 Å². The molecule has 1 aliphatic carbocycles. The zero-order valence-electron chi connectivity index (χ0n) is 11.4.